The molecule has 2 rings (SSSR count). The maximum Gasteiger partial charge on any atom is 0.416 e. The molecule has 170 valence electrons. The highest BCUT2D eigenvalue weighted by Gasteiger charge is 2.34. The van der Waals surface area contributed by atoms with E-state index in [-0.39, 0.29) is 11.8 Å². The molecule has 2 atom stereocenters. The van der Waals surface area contributed by atoms with Crippen LogP contribution in [0.25, 0.3) is 0 Å². The normalized spacial score (nSPS) is 19.7. The molecule has 0 spiro atoms. The molecule has 4 nitrogen and oxygen atoms in total. The molecule has 2 unspecified atom stereocenters. The average Bonchev–Trinajstić information content (AvgIpc) is 3.09. The topological polar surface area (TPSA) is 39.7 Å². The Labute approximate surface area is 172 Å². The molecule has 1 heterocycles. The number of alkyl halides is 6. The van der Waals surface area contributed by atoms with Gasteiger partial charge in [-0.2, -0.15) is 26.3 Å². The molecule has 1 saturated heterocycles. The van der Waals surface area contributed by atoms with Crippen LogP contribution in [0, 0.1) is 5.92 Å². The minimum absolute atomic E-state index is 0.0799. The summed E-state index contributed by atoms with van der Waals surface area (Å²) in [7, 11) is 1.59. The fourth-order valence-corrected chi connectivity index (χ4v) is 3.53. The number of aliphatic imine (C=N–C) groups is 1. The van der Waals surface area contributed by atoms with Crippen molar-refractivity contribution in [2.24, 2.45) is 10.9 Å². The van der Waals surface area contributed by atoms with Gasteiger partial charge in [0.25, 0.3) is 0 Å². The lowest BCUT2D eigenvalue weighted by Crippen LogP contribution is -2.41. The second-order valence-corrected chi connectivity index (χ2v) is 7.70. The molecule has 0 radical (unpaired) electrons. The summed E-state index contributed by atoms with van der Waals surface area (Å²) in [5, 5.41) is 6.23. The lowest BCUT2D eigenvalue weighted by atomic mass is 9.96. The van der Waals surface area contributed by atoms with Crippen molar-refractivity contribution in [1.82, 2.24) is 15.5 Å². The fraction of sp³-hybridized carbons (Fsp3) is 0.650. The molecule has 1 aliphatic rings. The van der Waals surface area contributed by atoms with E-state index >= 15 is 0 Å². The molecule has 1 aromatic rings. The zero-order valence-corrected chi connectivity index (χ0v) is 17.1. The third kappa shape index (κ3) is 8.04. The predicted octanol–water partition coefficient (Wildman–Crippen LogP) is 4.25. The third-order valence-electron chi connectivity index (χ3n) is 5.21. The van der Waals surface area contributed by atoms with Crippen LogP contribution in [0.3, 0.4) is 0 Å². The number of benzene rings is 1. The first-order chi connectivity index (χ1) is 14.0. The van der Waals surface area contributed by atoms with Gasteiger partial charge in [-0.3, -0.25) is 9.89 Å². The number of likely N-dealkylation sites (tertiary alicyclic amines) is 1. The van der Waals surface area contributed by atoms with Crippen LogP contribution < -0.4 is 10.6 Å². The molecule has 0 aromatic heterocycles. The molecule has 2 N–H and O–H groups in total. The number of hydrogen-bond acceptors (Lipinski definition) is 2. The summed E-state index contributed by atoms with van der Waals surface area (Å²) in [5.41, 5.74) is -0.0429. The summed E-state index contributed by atoms with van der Waals surface area (Å²) in [6.45, 7) is 2.80. The van der Waals surface area contributed by atoms with Crippen LogP contribution >= 0.6 is 0 Å². The van der Waals surface area contributed by atoms with Gasteiger partial charge in [0.2, 0.25) is 0 Å². The Morgan fingerprint density at radius 3 is 2.57 bits per heavy atom. The number of rotatable bonds is 7. The van der Waals surface area contributed by atoms with Crippen molar-refractivity contribution in [2.75, 3.05) is 39.8 Å². The molecule has 0 aliphatic carbocycles. The average molecular weight is 438 g/mol. The Hall–Kier alpha value is -1.97. The van der Waals surface area contributed by atoms with Gasteiger partial charge in [-0.05, 0) is 42.9 Å². The molecule has 1 fully saturated rings. The summed E-state index contributed by atoms with van der Waals surface area (Å²) < 4.78 is 76.0. The summed E-state index contributed by atoms with van der Waals surface area (Å²) in [6, 6.07) is 5.32. The van der Waals surface area contributed by atoms with Crippen LogP contribution in [0.5, 0.6) is 0 Å². The van der Waals surface area contributed by atoms with E-state index in [4.69, 9.17) is 0 Å². The van der Waals surface area contributed by atoms with Gasteiger partial charge in [-0.15, -0.1) is 0 Å². The minimum Gasteiger partial charge on any atom is -0.356 e. The largest absolute Gasteiger partial charge is 0.416 e. The monoisotopic (exact) mass is 438 g/mol. The summed E-state index contributed by atoms with van der Waals surface area (Å²) in [4.78, 5) is 5.50. The maximum absolute atomic E-state index is 12.9. The van der Waals surface area contributed by atoms with E-state index in [9.17, 15) is 26.3 Å². The second kappa shape index (κ2) is 10.4. The predicted molar refractivity (Wildman–Crippen MR) is 104 cm³/mol. The number of halogens is 6. The van der Waals surface area contributed by atoms with Gasteiger partial charge in [-0.25, -0.2) is 0 Å². The van der Waals surface area contributed by atoms with Gasteiger partial charge in [0.1, 0.15) is 0 Å². The Kier molecular flexibility index (Phi) is 8.40. The standard InChI is InChI=1S/C20H28F6N4/c1-14(16-4-3-5-17(10-16)20(24,25)26)6-8-28-18(27-2)29-11-15-7-9-30(12-15)13-19(21,22)23/h3-5,10,14-15H,6-9,11-13H2,1-2H3,(H2,27,28,29). The number of guanidine groups is 1. The molecule has 10 heteroatoms. The van der Waals surface area contributed by atoms with Crippen LogP contribution in [0.2, 0.25) is 0 Å². The molecule has 0 saturated carbocycles. The van der Waals surface area contributed by atoms with Crippen molar-refractivity contribution in [1.29, 1.82) is 0 Å². The lowest BCUT2D eigenvalue weighted by molar-refractivity contribution is -0.143. The van der Waals surface area contributed by atoms with Crippen molar-refractivity contribution in [3.05, 3.63) is 35.4 Å². The molecule has 30 heavy (non-hydrogen) atoms. The Balaban J connectivity index is 1.73. The Morgan fingerprint density at radius 1 is 1.20 bits per heavy atom. The molecule has 1 aromatic carbocycles. The quantitative estimate of drug-likeness (QED) is 0.380. The number of nitrogens with one attached hydrogen (secondary N) is 2. The highest BCUT2D eigenvalue weighted by Crippen LogP contribution is 2.31. The van der Waals surface area contributed by atoms with Crippen molar-refractivity contribution in [2.45, 2.75) is 38.0 Å². The van der Waals surface area contributed by atoms with E-state index in [2.05, 4.69) is 15.6 Å². The second-order valence-electron chi connectivity index (χ2n) is 7.70. The van der Waals surface area contributed by atoms with E-state index in [1.807, 2.05) is 6.92 Å². The molecule has 1 aliphatic heterocycles. The van der Waals surface area contributed by atoms with Crippen molar-refractivity contribution in [3.8, 4) is 0 Å². The smallest absolute Gasteiger partial charge is 0.356 e. The van der Waals surface area contributed by atoms with Crippen molar-refractivity contribution in [3.63, 3.8) is 0 Å². The highest BCUT2D eigenvalue weighted by molar-refractivity contribution is 5.79. The first kappa shape index (κ1) is 24.3. The fourth-order valence-electron chi connectivity index (χ4n) is 3.53. The Bertz CT molecular complexity index is 701. The van der Waals surface area contributed by atoms with E-state index < -0.39 is 24.5 Å². The third-order valence-corrected chi connectivity index (χ3v) is 5.21. The SMILES string of the molecule is CN=C(NCCC(C)c1cccc(C(F)(F)F)c1)NCC1CCN(CC(F)(F)F)C1. The maximum atomic E-state index is 12.9. The minimum atomic E-state index is -4.37. The summed E-state index contributed by atoms with van der Waals surface area (Å²) in [6.07, 6.45) is -7.26. The van der Waals surface area contributed by atoms with Crippen LogP contribution in [0.15, 0.2) is 29.3 Å². The van der Waals surface area contributed by atoms with E-state index in [0.29, 0.717) is 50.5 Å². The first-order valence-electron chi connectivity index (χ1n) is 9.88. The van der Waals surface area contributed by atoms with Gasteiger partial charge in [0, 0.05) is 26.7 Å². The van der Waals surface area contributed by atoms with Crippen LogP contribution in [0.1, 0.15) is 36.8 Å². The van der Waals surface area contributed by atoms with Gasteiger partial charge < -0.3 is 10.6 Å². The van der Waals surface area contributed by atoms with E-state index in [1.54, 1.807) is 13.1 Å². The zero-order valence-electron chi connectivity index (χ0n) is 17.1. The lowest BCUT2D eigenvalue weighted by Gasteiger charge is -2.19. The van der Waals surface area contributed by atoms with Crippen LogP contribution in [-0.4, -0.2) is 56.8 Å². The molecular formula is C20H28F6N4. The first-order valence-corrected chi connectivity index (χ1v) is 9.88. The molecule has 0 bridgehead atoms. The van der Waals surface area contributed by atoms with Crippen molar-refractivity contribution >= 4 is 5.96 Å². The van der Waals surface area contributed by atoms with E-state index in [1.165, 1.54) is 17.0 Å². The number of hydrogen-bond donors (Lipinski definition) is 2. The zero-order chi connectivity index (χ0) is 22.4. The molecular weight excluding hydrogens is 410 g/mol. The number of nitrogens with zero attached hydrogens (tertiary/aromatic N) is 2. The molecule has 0 amide bonds. The van der Waals surface area contributed by atoms with Crippen LogP contribution in [-0.2, 0) is 6.18 Å². The van der Waals surface area contributed by atoms with Crippen molar-refractivity contribution < 1.29 is 26.3 Å². The van der Waals surface area contributed by atoms with Gasteiger partial charge in [-0.1, -0.05) is 25.1 Å². The van der Waals surface area contributed by atoms with E-state index in [0.717, 1.165) is 6.07 Å². The van der Waals surface area contributed by atoms with Gasteiger partial charge in [0.05, 0.1) is 12.1 Å². The summed E-state index contributed by atoms with van der Waals surface area (Å²) >= 11 is 0. The van der Waals surface area contributed by atoms with Gasteiger partial charge in [0.15, 0.2) is 5.96 Å². The highest BCUT2D eigenvalue weighted by atomic mass is 19.4. The Morgan fingerprint density at radius 2 is 1.93 bits per heavy atom. The summed E-state index contributed by atoms with van der Waals surface area (Å²) in [5.74, 6) is 0.555. The van der Waals surface area contributed by atoms with Crippen LogP contribution in [0.4, 0.5) is 26.3 Å². The van der Waals surface area contributed by atoms with Gasteiger partial charge >= 0.3 is 12.4 Å².